The van der Waals surface area contributed by atoms with Gasteiger partial charge in [-0.1, -0.05) is 13.3 Å². The standard InChI is InChI=1S/C10H20N2O3S/c1-2-11-6-7-12-10(13)9-5-3-4-8-16(9,14)15/h9,11H,2-8H2,1H3,(H,12,13). The van der Waals surface area contributed by atoms with Crippen LogP contribution in [-0.4, -0.2) is 45.0 Å². The number of carbonyl (C=O) groups is 1. The number of amides is 1. The highest BCUT2D eigenvalue weighted by atomic mass is 32.2. The molecule has 1 aliphatic rings. The lowest BCUT2D eigenvalue weighted by atomic mass is 10.2. The van der Waals surface area contributed by atoms with Crippen LogP contribution in [0.5, 0.6) is 0 Å². The van der Waals surface area contributed by atoms with E-state index >= 15 is 0 Å². The highest BCUT2D eigenvalue weighted by molar-refractivity contribution is 7.92. The van der Waals surface area contributed by atoms with Crippen LogP contribution in [0.25, 0.3) is 0 Å². The van der Waals surface area contributed by atoms with Crippen molar-refractivity contribution < 1.29 is 13.2 Å². The van der Waals surface area contributed by atoms with E-state index in [1.54, 1.807) is 0 Å². The van der Waals surface area contributed by atoms with E-state index in [1.807, 2.05) is 6.92 Å². The van der Waals surface area contributed by atoms with Crippen molar-refractivity contribution >= 4 is 15.7 Å². The Morgan fingerprint density at radius 2 is 2.06 bits per heavy atom. The van der Waals surface area contributed by atoms with Crippen LogP contribution < -0.4 is 10.6 Å². The maximum Gasteiger partial charge on any atom is 0.238 e. The molecule has 1 rings (SSSR count). The minimum Gasteiger partial charge on any atom is -0.354 e. The van der Waals surface area contributed by atoms with Crippen LogP contribution in [0.1, 0.15) is 26.2 Å². The Kier molecular flexibility index (Phi) is 5.21. The van der Waals surface area contributed by atoms with Crippen LogP contribution in [0.15, 0.2) is 0 Å². The summed E-state index contributed by atoms with van der Waals surface area (Å²) in [5, 5.41) is 4.91. The van der Waals surface area contributed by atoms with Crippen molar-refractivity contribution in [2.24, 2.45) is 0 Å². The largest absolute Gasteiger partial charge is 0.354 e. The molecule has 1 atom stereocenters. The molecular weight excluding hydrogens is 228 g/mol. The zero-order chi connectivity index (χ0) is 12.0. The molecule has 0 spiro atoms. The number of hydrogen-bond donors (Lipinski definition) is 2. The van der Waals surface area contributed by atoms with Gasteiger partial charge in [0.2, 0.25) is 5.91 Å². The lowest BCUT2D eigenvalue weighted by molar-refractivity contribution is -0.120. The number of carbonyl (C=O) groups excluding carboxylic acids is 1. The van der Waals surface area contributed by atoms with Gasteiger partial charge in [-0.2, -0.15) is 0 Å². The molecule has 0 aromatic carbocycles. The van der Waals surface area contributed by atoms with Crippen molar-refractivity contribution in [1.29, 1.82) is 0 Å². The molecule has 0 radical (unpaired) electrons. The molecule has 0 aromatic heterocycles. The third-order valence-corrected chi connectivity index (χ3v) is 4.90. The van der Waals surface area contributed by atoms with E-state index in [0.717, 1.165) is 13.0 Å². The van der Waals surface area contributed by atoms with Crippen molar-refractivity contribution in [2.75, 3.05) is 25.4 Å². The van der Waals surface area contributed by atoms with Gasteiger partial charge in [-0.05, 0) is 19.4 Å². The van der Waals surface area contributed by atoms with E-state index in [-0.39, 0.29) is 11.7 Å². The van der Waals surface area contributed by atoms with E-state index in [1.165, 1.54) is 0 Å². The average Bonchev–Trinajstić information content (AvgIpc) is 2.23. The molecule has 1 aliphatic heterocycles. The summed E-state index contributed by atoms with van der Waals surface area (Å²) in [6.07, 6.45) is 1.98. The van der Waals surface area contributed by atoms with Crippen LogP contribution in [0.2, 0.25) is 0 Å². The molecule has 1 saturated heterocycles. The van der Waals surface area contributed by atoms with Gasteiger partial charge in [0, 0.05) is 13.1 Å². The van der Waals surface area contributed by atoms with E-state index in [9.17, 15) is 13.2 Å². The molecule has 94 valence electrons. The predicted octanol–water partition coefficient (Wildman–Crippen LogP) is -0.321. The summed E-state index contributed by atoms with van der Waals surface area (Å²) in [4.78, 5) is 11.7. The van der Waals surface area contributed by atoms with E-state index in [2.05, 4.69) is 10.6 Å². The van der Waals surface area contributed by atoms with E-state index in [4.69, 9.17) is 0 Å². The molecule has 1 heterocycles. The molecule has 0 bridgehead atoms. The maximum absolute atomic E-state index is 11.7. The fourth-order valence-electron chi connectivity index (χ4n) is 1.81. The Bertz CT molecular complexity index is 327. The summed E-state index contributed by atoms with van der Waals surface area (Å²) in [6, 6.07) is 0. The van der Waals surface area contributed by atoms with Gasteiger partial charge in [-0.25, -0.2) is 8.42 Å². The molecule has 0 aromatic rings. The fraction of sp³-hybridized carbons (Fsp3) is 0.900. The second-order valence-electron chi connectivity index (χ2n) is 4.00. The van der Waals surface area contributed by atoms with Crippen molar-refractivity contribution in [3.8, 4) is 0 Å². The Hall–Kier alpha value is -0.620. The summed E-state index contributed by atoms with van der Waals surface area (Å²) in [6.45, 7) is 3.98. The highest BCUT2D eigenvalue weighted by Crippen LogP contribution is 2.19. The first-order valence-corrected chi connectivity index (χ1v) is 7.49. The summed E-state index contributed by atoms with van der Waals surface area (Å²) in [5.41, 5.74) is 0. The topological polar surface area (TPSA) is 75.3 Å². The molecule has 2 N–H and O–H groups in total. The molecule has 16 heavy (non-hydrogen) atoms. The Labute approximate surface area is 96.9 Å². The molecule has 1 fully saturated rings. The van der Waals surface area contributed by atoms with Gasteiger partial charge in [0.05, 0.1) is 5.75 Å². The van der Waals surface area contributed by atoms with Gasteiger partial charge >= 0.3 is 0 Å². The fourth-order valence-corrected chi connectivity index (χ4v) is 3.64. The summed E-state index contributed by atoms with van der Waals surface area (Å²) in [7, 11) is -3.20. The first-order valence-electron chi connectivity index (χ1n) is 5.78. The van der Waals surface area contributed by atoms with Crippen LogP contribution in [0, 0.1) is 0 Å². The summed E-state index contributed by atoms with van der Waals surface area (Å²) in [5.74, 6) is -0.184. The monoisotopic (exact) mass is 248 g/mol. The number of nitrogens with one attached hydrogen (secondary N) is 2. The predicted molar refractivity (Wildman–Crippen MR) is 63.0 cm³/mol. The van der Waals surface area contributed by atoms with Crippen molar-refractivity contribution in [1.82, 2.24) is 10.6 Å². The third-order valence-electron chi connectivity index (χ3n) is 2.72. The van der Waals surface area contributed by atoms with Crippen LogP contribution in [-0.2, 0) is 14.6 Å². The molecule has 6 heteroatoms. The number of sulfone groups is 1. The van der Waals surface area contributed by atoms with Crippen LogP contribution in [0.4, 0.5) is 0 Å². The van der Waals surface area contributed by atoms with Crippen LogP contribution in [0.3, 0.4) is 0 Å². The molecule has 5 nitrogen and oxygen atoms in total. The van der Waals surface area contributed by atoms with Crippen molar-refractivity contribution in [2.45, 2.75) is 31.4 Å². The normalized spacial score (nSPS) is 23.9. The second kappa shape index (κ2) is 6.20. The van der Waals surface area contributed by atoms with Crippen molar-refractivity contribution in [3.63, 3.8) is 0 Å². The van der Waals surface area contributed by atoms with Crippen molar-refractivity contribution in [3.05, 3.63) is 0 Å². The quantitative estimate of drug-likeness (QED) is 0.654. The molecule has 0 aliphatic carbocycles. The minimum absolute atomic E-state index is 0.151. The summed E-state index contributed by atoms with van der Waals surface area (Å²) < 4.78 is 23.3. The maximum atomic E-state index is 11.7. The average molecular weight is 248 g/mol. The summed E-state index contributed by atoms with van der Waals surface area (Å²) >= 11 is 0. The molecule has 1 unspecified atom stereocenters. The van der Waals surface area contributed by atoms with Gasteiger partial charge < -0.3 is 10.6 Å². The van der Waals surface area contributed by atoms with Gasteiger partial charge in [0.25, 0.3) is 0 Å². The molecular formula is C10H20N2O3S. The third kappa shape index (κ3) is 3.75. The van der Waals surface area contributed by atoms with Crippen LogP contribution >= 0.6 is 0 Å². The minimum atomic E-state index is -3.20. The first kappa shape index (κ1) is 13.4. The molecule has 1 amide bonds. The Morgan fingerprint density at radius 3 is 2.69 bits per heavy atom. The Balaban J connectivity index is 2.40. The number of likely N-dealkylation sites (N-methyl/N-ethyl adjacent to an activating group) is 1. The lowest BCUT2D eigenvalue weighted by Gasteiger charge is -2.21. The van der Waals surface area contributed by atoms with E-state index < -0.39 is 15.1 Å². The first-order chi connectivity index (χ1) is 7.58. The van der Waals surface area contributed by atoms with E-state index in [0.29, 0.717) is 25.9 Å². The Morgan fingerprint density at radius 1 is 1.31 bits per heavy atom. The lowest BCUT2D eigenvalue weighted by Crippen LogP contribution is -2.44. The smallest absolute Gasteiger partial charge is 0.238 e. The van der Waals surface area contributed by atoms with Gasteiger partial charge in [-0.3, -0.25) is 4.79 Å². The zero-order valence-corrected chi connectivity index (χ0v) is 10.5. The molecule has 0 saturated carbocycles. The van der Waals surface area contributed by atoms with Gasteiger partial charge in [0.1, 0.15) is 5.25 Å². The van der Waals surface area contributed by atoms with Gasteiger partial charge in [0.15, 0.2) is 9.84 Å². The highest BCUT2D eigenvalue weighted by Gasteiger charge is 2.34. The zero-order valence-electron chi connectivity index (χ0n) is 9.66. The number of rotatable bonds is 5. The SMILES string of the molecule is CCNCCNC(=O)C1CCCCS1(=O)=O. The van der Waals surface area contributed by atoms with Gasteiger partial charge in [-0.15, -0.1) is 0 Å². The number of hydrogen-bond acceptors (Lipinski definition) is 4. The second-order valence-corrected chi connectivity index (χ2v) is 6.30.